The lowest BCUT2D eigenvalue weighted by molar-refractivity contribution is 0.149. The number of aromatic nitrogens is 1. The molecule has 1 aromatic rings. The van der Waals surface area contributed by atoms with Gasteiger partial charge in [-0.15, -0.1) is 0 Å². The molecule has 0 aliphatic carbocycles. The van der Waals surface area contributed by atoms with E-state index in [1.54, 1.807) is 0 Å². The Labute approximate surface area is 157 Å². The molecule has 25 heavy (non-hydrogen) atoms. The highest BCUT2D eigenvalue weighted by Gasteiger charge is 2.32. The summed E-state index contributed by atoms with van der Waals surface area (Å²) in [4.78, 5) is 7.39. The summed E-state index contributed by atoms with van der Waals surface area (Å²) < 4.78 is 0. The second-order valence-electron chi connectivity index (χ2n) is 8.60. The topological polar surface area (TPSA) is 16.1 Å². The Balaban J connectivity index is 2.99. The maximum absolute atomic E-state index is 4.77. The Hall–Kier alpha value is -0.890. The van der Waals surface area contributed by atoms with E-state index in [1.165, 1.54) is 44.2 Å². The summed E-state index contributed by atoms with van der Waals surface area (Å²) >= 11 is 0. The van der Waals surface area contributed by atoms with E-state index in [0.717, 1.165) is 12.5 Å². The van der Waals surface area contributed by atoms with E-state index in [-0.39, 0.29) is 5.41 Å². The molecular formula is C23H42N2. The molecule has 1 unspecified atom stereocenters. The van der Waals surface area contributed by atoms with Crippen molar-refractivity contribution in [1.29, 1.82) is 0 Å². The normalized spacial score (nSPS) is 14.7. The van der Waals surface area contributed by atoms with Gasteiger partial charge in [-0.1, -0.05) is 52.5 Å². The van der Waals surface area contributed by atoms with Crippen LogP contribution in [-0.4, -0.2) is 28.5 Å². The lowest BCUT2D eigenvalue weighted by atomic mass is 9.73. The fourth-order valence-corrected chi connectivity index (χ4v) is 4.35. The monoisotopic (exact) mass is 346 g/mol. The van der Waals surface area contributed by atoms with E-state index in [1.807, 2.05) is 12.3 Å². The quantitative estimate of drug-likeness (QED) is 0.432. The van der Waals surface area contributed by atoms with Gasteiger partial charge in [0, 0.05) is 29.4 Å². The summed E-state index contributed by atoms with van der Waals surface area (Å²) in [6, 6.07) is 7.61. The predicted molar refractivity (Wildman–Crippen MR) is 111 cm³/mol. The standard InChI is InChI=1S/C23H42N2/c1-8-12-21(13-9-2)18-23(7,22-14-10-11-16-24-22)15-17-25(19(3)4)20(5)6/h10-11,14,16,19-21H,8-9,12-13,15,17-18H2,1-7H3. The zero-order chi connectivity index (χ0) is 18.9. The van der Waals surface area contributed by atoms with E-state index in [9.17, 15) is 0 Å². The molecule has 0 aromatic carbocycles. The molecule has 144 valence electrons. The van der Waals surface area contributed by atoms with Crippen molar-refractivity contribution in [1.82, 2.24) is 9.88 Å². The molecule has 0 saturated heterocycles. The van der Waals surface area contributed by atoms with Crippen LogP contribution in [0.3, 0.4) is 0 Å². The summed E-state index contributed by atoms with van der Waals surface area (Å²) in [7, 11) is 0. The molecule has 0 saturated carbocycles. The minimum Gasteiger partial charge on any atom is -0.299 e. The van der Waals surface area contributed by atoms with Crippen LogP contribution in [0.4, 0.5) is 0 Å². The van der Waals surface area contributed by atoms with Crippen molar-refractivity contribution in [2.24, 2.45) is 5.92 Å². The minimum atomic E-state index is 0.165. The summed E-state index contributed by atoms with van der Waals surface area (Å²) in [6.45, 7) is 17.5. The van der Waals surface area contributed by atoms with Crippen molar-refractivity contribution in [3.63, 3.8) is 0 Å². The number of hydrogen-bond acceptors (Lipinski definition) is 2. The lowest BCUT2D eigenvalue weighted by Crippen LogP contribution is -2.41. The van der Waals surface area contributed by atoms with Gasteiger partial charge in [0.15, 0.2) is 0 Å². The van der Waals surface area contributed by atoms with E-state index < -0.39 is 0 Å². The first-order valence-corrected chi connectivity index (χ1v) is 10.5. The third kappa shape index (κ3) is 7.09. The van der Waals surface area contributed by atoms with Gasteiger partial charge in [-0.05, 0) is 65.1 Å². The third-order valence-corrected chi connectivity index (χ3v) is 5.66. The van der Waals surface area contributed by atoms with Gasteiger partial charge >= 0.3 is 0 Å². The zero-order valence-electron chi connectivity index (χ0n) is 17.9. The van der Waals surface area contributed by atoms with Crippen LogP contribution in [0.25, 0.3) is 0 Å². The number of pyridine rings is 1. The van der Waals surface area contributed by atoms with Crippen molar-refractivity contribution in [3.05, 3.63) is 30.1 Å². The fraction of sp³-hybridized carbons (Fsp3) is 0.783. The van der Waals surface area contributed by atoms with E-state index in [0.29, 0.717) is 12.1 Å². The van der Waals surface area contributed by atoms with E-state index >= 15 is 0 Å². The lowest BCUT2D eigenvalue weighted by Gasteiger charge is -2.37. The van der Waals surface area contributed by atoms with Gasteiger partial charge in [0.05, 0.1) is 0 Å². The Kier molecular flexibility index (Phi) is 9.71. The molecule has 1 atom stereocenters. The molecule has 1 rings (SSSR count). The first-order valence-electron chi connectivity index (χ1n) is 10.5. The average molecular weight is 347 g/mol. The first kappa shape index (κ1) is 22.2. The van der Waals surface area contributed by atoms with Crippen LogP contribution in [0.5, 0.6) is 0 Å². The maximum atomic E-state index is 4.77. The molecule has 0 aliphatic rings. The van der Waals surface area contributed by atoms with Crippen LogP contribution < -0.4 is 0 Å². The van der Waals surface area contributed by atoms with Gasteiger partial charge in [0.2, 0.25) is 0 Å². The first-order chi connectivity index (χ1) is 11.8. The third-order valence-electron chi connectivity index (χ3n) is 5.66. The van der Waals surface area contributed by atoms with E-state index in [4.69, 9.17) is 4.98 Å². The van der Waals surface area contributed by atoms with Crippen LogP contribution in [0.15, 0.2) is 24.4 Å². The molecule has 0 bridgehead atoms. The highest BCUT2D eigenvalue weighted by atomic mass is 15.2. The SMILES string of the molecule is CCCC(CCC)CC(C)(CCN(C(C)C)C(C)C)c1ccccn1. The van der Waals surface area contributed by atoms with Crippen LogP contribution >= 0.6 is 0 Å². The Morgan fingerprint density at radius 2 is 1.60 bits per heavy atom. The fourth-order valence-electron chi connectivity index (χ4n) is 4.35. The number of rotatable bonds is 12. The van der Waals surface area contributed by atoms with Crippen LogP contribution in [0.2, 0.25) is 0 Å². The Morgan fingerprint density at radius 1 is 1.00 bits per heavy atom. The van der Waals surface area contributed by atoms with Gasteiger partial charge in [0.25, 0.3) is 0 Å². The smallest absolute Gasteiger partial charge is 0.0463 e. The molecular weight excluding hydrogens is 304 g/mol. The summed E-state index contributed by atoms with van der Waals surface area (Å²) in [5.41, 5.74) is 1.44. The number of nitrogens with zero attached hydrogens (tertiary/aromatic N) is 2. The van der Waals surface area contributed by atoms with Crippen LogP contribution in [-0.2, 0) is 5.41 Å². The zero-order valence-corrected chi connectivity index (χ0v) is 17.9. The van der Waals surface area contributed by atoms with Crippen molar-refractivity contribution >= 4 is 0 Å². The maximum Gasteiger partial charge on any atom is 0.0463 e. The molecule has 0 radical (unpaired) electrons. The highest BCUT2D eigenvalue weighted by Crippen LogP contribution is 2.36. The summed E-state index contributed by atoms with van der Waals surface area (Å²) in [6.07, 6.45) is 9.66. The molecule has 0 N–H and O–H groups in total. The van der Waals surface area contributed by atoms with Crippen molar-refractivity contribution in [2.75, 3.05) is 6.54 Å². The van der Waals surface area contributed by atoms with Gasteiger partial charge in [0.1, 0.15) is 0 Å². The van der Waals surface area contributed by atoms with Gasteiger partial charge in [-0.3, -0.25) is 9.88 Å². The second-order valence-corrected chi connectivity index (χ2v) is 8.60. The van der Waals surface area contributed by atoms with Gasteiger partial charge in [-0.25, -0.2) is 0 Å². The number of hydrogen-bond donors (Lipinski definition) is 0. The molecule has 0 spiro atoms. The van der Waals surface area contributed by atoms with Crippen molar-refractivity contribution < 1.29 is 0 Å². The molecule has 1 heterocycles. The average Bonchev–Trinajstić information content (AvgIpc) is 2.55. The molecule has 2 heteroatoms. The Morgan fingerprint density at radius 3 is 2.04 bits per heavy atom. The summed E-state index contributed by atoms with van der Waals surface area (Å²) in [5.74, 6) is 0.813. The van der Waals surface area contributed by atoms with Gasteiger partial charge in [-0.2, -0.15) is 0 Å². The molecule has 0 aliphatic heterocycles. The van der Waals surface area contributed by atoms with Crippen LogP contribution in [0.1, 0.15) is 92.7 Å². The van der Waals surface area contributed by atoms with Gasteiger partial charge < -0.3 is 0 Å². The molecule has 0 fully saturated rings. The van der Waals surface area contributed by atoms with E-state index in [2.05, 4.69) is 65.5 Å². The molecule has 2 nitrogen and oxygen atoms in total. The largest absolute Gasteiger partial charge is 0.299 e. The predicted octanol–water partition coefficient (Wildman–Crippen LogP) is 6.45. The highest BCUT2D eigenvalue weighted by molar-refractivity contribution is 5.16. The Bertz CT molecular complexity index is 440. The van der Waals surface area contributed by atoms with Crippen molar-refractivity contribution in [2.45, 2.75) is 104 Å². The van der Waals surface area contributed by atoms with Crippen LogP contribution in [0, 0.1) is 5.92 Å². The molecule has 0 amide bonds. The van der Waals surface area contributed by atoms with Crippen molar-refractivity contribution in [3.8, 4) is 0 Å². The molecule has 1 aromatic heterocycles. The summed E-state index contributed by atoms with van der Waals surface area (Å²) in [5, 5.41) is 0. The minimum absolute atomic E-state index is 0.165. The second kappa shape index (κ2) is 11.0.